The Balaban J connectivity index is 4.16. The van der Waals surface area contributed by atoms with Crippen LogP contribution in [0.1, 0.15) is 258 Å². The van der Waals surface area contributed by atoms with Crippen molar-refractivity contribution < 1.29 is 42.1 Å². The van der Waals surface area contributed by atoms with Crippen molar-refractivity contribution in [2.75, 3.05) is 47.5 Å². The topological polar surface area (TPSA) is 108 Å². The van der Waals surface area contributed by atoms with E-state index in [0.29, 0.717) is 23.9 Å². The molecule has 0 saturated carbocycles. The summed E-state index contributed by atoms with van der Waals surface area (Å²) in [5.74, 6) is -0.837. The van der Waals surface area contributed by atoms with Gasteiger partial charge in [-0.1, -0.05) is 310 Å². The highest BCUT2D eigenvalue weighted by molar-refractivity contribution is 7.47. The molecule has 2 atom stereocenters. The number of esters is 2. The molecule has 0 aliphatic carbocycles. The fourth-order valence-electron chi connectivity index (χ4n) is 9.35. The number of phosphoric acid groups is 1. The third-order valence-electron chi connectivity index (χ3n) is 15.0. The minimum absolute atomic E-state index is 0.0160. The molecule has 0 rings (SSSR count). The molecule has 0 heterocycles. The minimum atomic E-state index is -4.42. The molecule has 0 aromatic rings. The standard InChI is InChI=1S/C86H136NO8P/c1-6-8-10-12-14-16-18-20-22-24-26-28-30-32-34-36-38-40-41-42-43-44-45-47-49-51-53-55-57-59-61-63-65-67-69-71-73-75-77-79-86(89)95-84(83-94-96(90,91)93-81-80-87(3,4)5)82-92-85(88)78-76-74-72-70-68-66-64-62-60-58-56-54-52-50-48-46-39-37-35-33-31-29-27-25-23-21-19-17-15-13-11-9-7-2/h8-11,14-17,20-23,26-29,32-35,38-40,42-43,45-47,50-53,56,58,62,64,84H,6-7,12-13,18-19,24-25,30-31,36-37,41,44,48-49,54-55,57,59-61,63,65-83H2,1-5H3/p+1/b10-8-,11-9-,16-14-,17-15-,22-20-,23-21-,28-26-,29-27-,34-32-,35-33-,40-38-,43-42-,46-39-,47-45-,52-50-,53-51-,58-56-,64-62-. The number of quaternary nitrogens is 1. The van der Waals surface area contributed by atoms with Crippen LogP contribution in [0, 0.1) is 0 Å². The van der Waals surface area contributed by atoms with Gasteiger partial charge in [-0.05, 0) is 154 Å². The number of phosphoric ester groups is 1. The lowest BCUT2D eigenvalue weighted by atomic mass is 10.0. The second-order valence-corrected chi connectivity index (χ2v) is 26.7. The number of nitrogens with zero attached hydrogens (tertiary/aromatic N) is 1. The van der Waals surface area contributed by atoms with Gasteiger partial charge < -0.3 is 18.9 Å². The second-order valence-electron chi connectivity index (χ2n) is 25.2. The molecule has 0 radical (unpaired) electrons. The van der Waals surface area contributed by atoms with E-state index in [9.17, 15) is 19.0 Å². The molecule has 96 heavy (non-hydrogen) atoms. The SMILES string of the molecule is CC/C=C\C/C=C\C/C=C\C/C=C\C/C=C\C/C=C\C/C=C\C/C=C\C/C=C\CCCCCCCCCCCCCC(=O)OC(COC(=O)CCCCCCC/C=C\C/C=C\C/C=C\C/C=C\C/C=C\C/C=C\C/C=C\C/C=C\C/C=C\CC)COP(=O)(O)OCC[N+](C)(C)C. The lowest BCUT2D eigenvalue weighted by Gasteiger charge is -2.24. The van der Waals surface area contributed by atoms with Crippen LogP contribution in [0.2, 0.25) is 0 Å². The minimum Gasteiger partial charge on any atom is -0.462 e. The molecule has 0 aromatic carbocycles. The van der Waals surface area contributed by atoms with Crippen molar-refractivity contribution in [3.05, 3.63) is 219 Å². The van der Waals surface area contributed by atoms with Gasteiger partial charge in [0.05, 0.1) is 27.7 Å². The second kappa shape index (κ2) is 73.6. The van der Waals surface area contributed by atoms with Gasteiger partial charge in [-0.25, -0.2) is 4.57 Å². The van der Waals surface area contributed by atoms with Gasteiger partial charge in [0.15, 0.2) is 6.10 Å². The van der Waals surface area contributed by atoms with E-state index in [2.05, 4.69) is 233 Å². The van der Waals surface area contributed by atoms with Gasteiger partial charge in [0, 0.05) is 12.8 Å². The zero-order chi connectivity index (χ0) is 69.7. The highest BCUT2D eigenvalue weighted by Gasteiger charge is 2.27. The molecule has 0 amide bonds. The monoisotopic (exact) mass is 1340 g/mol. The molecule has 2 unspecified atom stereocenters. The number of allylic oxidation sites excluding steroid dienone is 36. The lowest BCUT2D eigenvalue weighted by molar-refractivity contribution is -0.870. The first-order valence-corrected chi connectivity index (χ1v) is 39.0. The van der Waals surface area contributed by atoms with Crippen LogP contribution < -0.4 is 0 Å². The number of unbranched alkanes of at least 4 members (excludes halogenated alkanes) is 16. The maximum absolute atomic E-state index is 12.9. The van der Waals surface area contributed by atoms with E-state index in [1.54, 1.807) is 0 Å². The van der Waals surface area contributed by atoms with E-state index in [4.69, 9.17) is 18.5 Å². The van der Waals surface area contributed by atoms with Gasteiger partial charge in [0.2, 0.25) is 0 Å². The molecule has 538 valence electrons. The number of carbonyl (C=O) groups is 2. The zero-order valence-electron chi connectivity index (χ0n) is 61.3. The molecule has 0 aromatic heterocycles. The van der Waals surface area contributed by atoms with E-state index in [1.165, 1.54) is 44.9 Å². The van der Waals surface area contributed by atoms with Crippen LogP contribution in [-0.4, -0.2) is 74.9 Å². The Morgan fingerprint density at radius 3 is 0.833 bits per heavy atom. The molecule has 0 aliphatic heterocycles. The van der Waals surface area contributed by atoms with Crippen molar-refractivity contribution in [1.82, 2.24) is 0 Å². The highest BCUT2D eigenvalue weighted by atomic mass is 31.2. The van der Waals surface area contributed by atoms with E-state index in [1.807, 2.05) is 21.1 Å². The van der Waals surface area contributed by atoms with Gasteiger partial charge in [-0.15, -0.1) is 0 Å². The fraction of sp³-hybridized carbons (Fsp3) is 0.558. The summed E-state index contributed by atoms with van der Waals surface area (Å²) >= 11 is 0. The van der Waals surface area contributed by atoms with Crippen molar-refractivity contribution in [1.29, 1.82) is 0 Å². The first-order chi connectivity index (χ1) is 47.0. The predicted molar refractivity (Wildman–Crippen MR) is 417 cm³/mol. The van der Waals surface area contributed by atoms with Crippen LogP contribution >= 0.6 is 7.82 Å². The first kappa shape index (κ1) is 90.3. The van der Waals surface area contributed by atoms with Gasteiger partial charge >= 0.3 is 19.8 Å². The van der Waals surface area contributed by atoms with Crippen LogP contribution in [0.15, 0.2) is 219 Å². The molecule has 0 fully saturated rings. The van der Waals surface area contributed by atoms with Gasteiger partial charge in [0.25, 0.3) is 0 Å². The third kappa shape index (κ3) is 77.3. The van der Waals surface area contributed by atoms with E-state index in [0.717, 1.165) is 173 Å². The quantitative estimate of drug-likeness (QED) is 0.0211. The molecule has 0 spiro atoms. The zero-order valence-corrected chi connectivity index (χ0v) is 62.2. The van der Waals surface area contributed by atoms with Crippen LogP contribution in [-0.2, 0) is 32.7 Å². The van der Waals surface area contributed by atoms with Crippen LogP contribution in [0.3, 0.4) is 0 Å². The number of likely N-dealkylation sites (N-methyl/N-ethyl adjacent to an activating group) is 1. The van der Waals surface area contributed by atoms with Gasteiger partial charge in [-0.3, -0.25) is 18.6 Å². The Morgan fingerprint density at radius 2 is 0.562 bits per heavy atom. The smallest absolute Gasteiger partial charge is 0.462 e. The molecule has 0 bridgehead atoms. The Bertz CT molecular complexity index is 2430. The maximum Gasteiger partial charge on any atom is 0.472 e. The maximum atomic E-state index is 12.9. The van der Waals surface area contributed by atoms with Crippen molar-refractivity contribution in [2.45, 2.75) is 264 Å². The normalized spacial score (nSPS) is 14.4. The molecule has 9 nitrogen and oxygen atoms in total. The molecule has 0 aliphatic rings. The summed E-state index contributed by atoms with van der Waals surface area (Å²) in [6.45, 7) is 4.16. The summed E-state index contributed by atoms with van der Waals surface area (Å²) in [5.41, 5.74) is 0. The van der Waals surface area contributed by atoms with Crippen molar-refractivity contribution in [3.8, 4) is 0 Å². The number of hydrogen-bond donors (Lipinski definition) is 1. The summed E-state index contributed by atoms with van der Waals surface area (Å²) in [5, 5.41) is 0. The summed E-state index contributed by atoms with van der Waals surface area (Å²) < 4.78 is 34.7. The predicted octanol–water partition coefficient (Wildman–Crippen LogP) is 25.2. The molecular weight excluding hydrogens is 1210 g/mol. The van der Waals surface area contributed by atoms with Gasteiger partial charge in [-0.2, -0.15) is 0 Å². The fourth-order valence-corrected chi connectivity index (χ4v) is 10.1. The average Bonchev–Trinajstić information content (AvgIpc) is 1.98. The number of ether oxygens (including phenoxy) is 2. The number of rotatable bonds is 66. The number of carbonyl (C=O) groups excluding carboxylic acids is 2. The number of hydrogen-bond acceptors (Lipinski definition) is 7. The van der Waals surface area contributed by atoms with E-state index in [-0.39, 0.29) is 26.1 Å². The van der Waals surface area contributed by atoms with Gasteiger partial charge in [0.1, 0.15) is 19.8 Å². The van der Waals surface area contributed by atoms with Crippen LogP contribution in [0.5, 0.6) is 0 Å². The summed E-state index contributed by atoms with van der Waals surface area (Å²) in [7, 11) is 1.43. The van der Waals surface area contributed by atoms with Crippen molar-refractivity contribution in [3.63, 3.8) is 0 Å². The summed E-state index contributed by atoms with van der Waals surface area (Å²) in [4.78, 5) is 35.9. The Labute approximate surface area is 588 Å². The Hall–Kier alpha value is -5.67. The molecule has 10 heteroatoms. The largest absolute Gasteiger partial charge is 0.472 e. The molecule has 0 saturated heterocycles. The van der Waals surface area contributed by atoms with Crippen molar-refractivity contribution in [2.24, 2.45) is 0 Å². The third-order valence-corrected chi connectivity index (χ3v) is 16.0. The highest BCUT2D eigenvalue weighted by Crippen LogP contribution is 2.43. The average molecular weight is 1340 g/mol. The molecule has 1 N–H and O–H groups in total. The van der Waals surface area contributed by atoms with Crippen LogP contribution in [0.4, 0.5) is 0 Å². The Kier molecular flexibility index (Phi) is 69.2. The van der Waals surface area contributed by atoms with E-state index < -0.39 is 32.5 Å². The molecular formula is C86H137NO8P+. The Morgan fingerprint density at radius 1 is 0.323 bits per heavy atom. The van der Waals surface area contributed by atoms with E-state index >= 15 is 0 Å². The lowest BCUT2D eigenvalue weighted by Crippen LogP contribution is -2.37. The first-order valence-electron chi connectivity index (χ1n) is 37.5. The van der Waals surface area contributed by atoms with Crippen molar-refractivity contribution >= 4 is 19.8 Å². The van der Waals surface area contributed by atoms with Crippen LogP contribution in [0.25, 0.3) is 0 Å². The summed E-state index contributed by atoms with van der Waals surface area (Å²) in [6.07, 6.45) is 118. The summed E-state index contributed by atoms with van der Waals surface area (Å²) in [6, 6.07) is 0.